The molecule has 0 unspecified atom stereocenters. The number of aliphatic hydroxyl groups excluding tert-OH is 1. The van der Waals surface area contributed by atoms with Gasteiger partial charge in [0.25, 0.3) is 15.2 Å². The quantitative estimate of drug-likeness (QED) is 0.151. The fourth-order valence-electron chi connectivity index (χ4n) is 5.78. The van der Waals surface area contributed by atoms with Gasteiger partial charge >= 0.3 is 0 Å². The smallest absolute Gasteiger partial charge is 0.284 e. The molecule has 1 fully saturated rings. The van der Waals surface area contributed by atoms with Crippen molar-refractivity contribution in [3.8, 4) is 11.1 Å². The Morgan fingerprint density at radius 3 is 2.80 bits per heavy atom. The van der Waals surface area contributed by atoms with Crippen molar-refractivity contribution in [2.24, 2.45) is 0 Å². The maximum Gasteiger partial charge on any atom is 0.284 e. The average molecular weight is 646 g/mol. The molecule has 1 aromatic carbocycles. The third-order valence-corrected chi connectivity index (χ3v) is 11.8. The number of hydrogen-bond acceptors (Lipinski definition) is 9. The minimum absolute atomic E-state index is 0.0378. The third kappa shape index (κ3) is 7.54. The zero-order valence-electron chi connectivity index (χ0n) is 26.1. The summed E-state index contributed by atoms with van der Waals surface area (Å²) in [6.45, 7) is 8.87. The van der Waals surface area contributed by atoms with E-state index in [2.05, 4.69) is 51.0 Å². The van der Waals surface area contributed by atoms with Crippen LogP contribution < -0.4 is 5.32 Å². The number of hydrogen-bond donors (Lipinski definition) is 2. The van der Waals surface area contributed by atoms with E-state index in [-0.39, 0.29) is 30.5 Å². The van der Waals surface area contributed by atoms with E-state index in [0.29, 0.717) is 44.6 Å². The first kappa shape index (κ1) is 32.6. The lowest BCUT2D eigenvalue weighted by molar-refractivity contribution is 0.0791. The van der Waals surface area contributed by atoms with Crippen LogP contribution >= 0.6 is 0 Å². The summed E-state index contributed by atoms with van der Waals surface area (Å²) in [6, 6.07) is 8.19. The molecule has 3 aromatic rings. The summed E-state index contributed by atoms with van der Waals surface area (Å²) in [7, 11) is -3.37. The van der Waals surface area contributed by atoms with Crippen molar-refractivity contribution in [3.05, 3.63) is 47.5 Å². The largest absolute Gasteiger partial charge is 0.396 e. The van der Waals surface area contributed by atoms with E-state index in [1.165, 1.54) is 26.8 Å². The second-order valence-corrected chi connectivity index (χ2v) is 20.4. The lowest BCUT2D eigenvalue weighted by Crippen LogP contribution is -2.37. The van der Waals surface area contributed by atoms with Gasteiger partial charge in [0.05, 0.1) is 5.69 Å². The number of fused-ring (bicyclic) bond motifs is 1. The molecule has 0 spiro atoms. The molecule has 44 heavy (non-hydrogen) atoms. The molecule has 1 saturated heterocycles. The second kappa shape index (κ2) is 13.7. The molecule has 2 aliphatic rings. The number of nitrogens with zero attached hydrogens (tertiary/aromatic N) is 6. The topological polar surface area (TPSA) is 126 Å². The third-order valence-electron chi connectivity index (χ3n) is 8.41. The lowest BCUT2D eigenvalue weighted by atomic mass is 9.98. The highest BCUT2D eigenvalue weighted by molar-refractivity contribution is 7.89. The van der Waals surface area contributed by atoms with Crippen LogP contribution in [0.2, 0.25) is 25.7 Å². The van der Waals surface area contributed by atoms with Crippen LogP contribution in [0.25, 0.3) is 11.1 Å². The first-order valence-corrected chi connectivity index (χ1v) is 20.5. The van der Waals surface area contributed by atoms with Crippen molar-refractivity contribution in [1.29, 1.82) is 0 Å². The maximum atomic E-state index is 14.2. The number of aliphatic hydroxyl groups is 1. The number of likely N-dealkylation sites (N-methyl/N-ethyl adjacent to an activating group) is 1. The van der Waals surface area contributed by atoms with Crippen molar-refractivity contribution in [2.45, 2.75) is 75.7 Å². The first-order valence-electron chi connectivity index (χ1n) is 15.3. The SMILES string of the molecule is CN(CCCO)[C@H]1CCN(S(=O)(=O)c2nc(Nc3c(-c4ccnc(F)c4)ccc4c3CCC4)n(COCC[Si](C)(C)C)n2)C1. The Morgan fingerprint density at radius 2 is 2.05 bits per heavy atom. The molecule has 5 rings (SSSR count). The summed E-state index contributed by atoms with van der Waals surface area (Å²) in [4.78, 5) is 10.4. The van der Waals surface area contributed by atoms with Crippen molar-refractivity contribution in [3.63, 3.8) is 0 Å². The summed E-state index contributed by atoms with van der Waals surface area (Å²) in [5.74, 6) is -0.323. The average Bonchev–Trinajstić information content (AvgIpc) is 3.74. The summed E-state index contributed by atoms with van der Waals surface area (Å²) < 4.78 is 50.7. The molecule has 1 atom stereocenters. The Hall–Kier alpha value is -2.75. The highest BCUT2D eigenvalue weighted by atomic mass is 32.2. The van der Waals surface area contributed by atoms with Crippen LogP contribution in [-0.2, 0) is 34.3 Å². The van der Waals surface area contributed by atoms with Gasteiger partial charge in [-0.1, -0.05) is 31.8 Å². The minimum Gasteiger partial charge on any atom is -0.396 e. The zero-order chi connectivity index (χ0) is 31.5. The van der Waals surface area contributed by atoms with Gasteiger partial charge in [-0.3, -0.25) is 0 Å². The van der Waals surface area contributed by atoms with E-state index in [1.807, 2.05) is 13.1 Å². The number of aryl methyl sites for hydroxylation is 1. The standard InChI is InChI=1S/C30H44FN7O4SSi/c1-36(14-6-16-39)24-12-15-37(20-24)43(40,41)30-34-29(38(35-30)21-42-17-18-44(2,3)4)33-28-25-8-5-7-22(25)9-10-26(28)23-11-13-32-27(31)19-23/h9-11,13,19,24,39H,5-8,12,14-18,20-21H2,1-4H3,(H,33,34,35)/t24-/m0/s1. The van der Waals surface area contributed by atoms with E-state index >= 15 is 0 Å². The van der Waals surface area contributed by atoms with Crippen LogP contribution in [0, 0.1) is 5.95 Å². The highest BCUT2D eigenvalue weighted by Crippen LogP contribution is 2.39. The Kier molecular flexibility index (Phi) is 10.2. The molecule has 2 aromatic heterocycles. The van der Waals surface area contributed by atoms with Gasteiger partial charge in [0.1, 0.15) is 6.73 Å². The molecule has 14 heteroatoms. The summed E-state index contributed by atoms with van der Waals surface area (Å²) in [5, 5.41) is 16.8. The van der Waals surface area contributed by atoms with Crippen LogP contribution in [0.15, 0.2) is 35.6 Å². The van der Waals surface area contributed by atoms with Gasteiger partial charge in [-0.05, 0) is 68.0 Å². The number of nitrogens with one attached hydrogen (secondary N) is 1. The van der Waals surface area contributed by atoms with E-state index in [4.69, 9.17) is 4.74 Å². The molecule has 0 saturated carbocycles. The van der Waals surface area contributed by atoms with Crippen molar-refractivity contribution in [2.75, 3.05) is 45.2 Å². The normalized spacial score (nSPS) is 17.5. The van der Waals surface area contributed by atoms with Gasteiger partial charge < -0.3 is 20.1 Å². The molecule has 3 heterocycles. The Labute approximate surface area is 260 Å². The maximum absolute atomic E-state index is 14.2. The highest BCUT2D eigenvalue weighted by Gasteiger charge is 2.37. The fourth-order valence-corrected chi connectivity index (χ4v) is 7.89. The number of anilines is 2. The number of ether oxygens (including phenoxy) is 1. The fraction of sp³-hybridized carbons (Fsp3) is 0.567. The van der Waals surface area contributed by atoms with Crippen molar-refractivity contribution in [1.82, 2.24) is 29.0 Å². The molecule has 1 aliphatic heterocycles. The number of pyridine rings is 1. The van der Waals surface area contributed by atoms with Gasteiger partial charge in [0, 0.05) is 64.8 Å². The zero-order valence-corrected chi connectivity index (χ0v) is 27.9. The van der Waals surface area contributed by atoms with E-state index in [1.54, 1.807) is 6.07 Å². The number of benzene rings is 1. The molecule has 11 nitrogen and oxygen atoms in total. The van der Waals surface area contributed by atoms with Crippen LogP contribution in [-0.4, -0.2) is 96.5 Å². The predicted molar refractivity (Wildman–Crippen MR) is 171 cm³/mol. The molecule has 1 aliphatic carbocycles. The summed E-state index contributed by atoms with van der Waals surface area (Å²) in [5.41, 5.74) is 4.50. The van der Waals surface area contributed by atoms with E-state index < -0.39 is 24.0 Å². The predicted octanol–water partition coefficient (Wildman–Crippen LogP) is 4.10. The number of aromatic nitrogens is 4. The van der Waals surface area contributed by atoms with Crippen LogP contribution in [0.1, 0.15) is 30.4 Å². The molecule has 0 amide bonds. The van der Waals surface area contributed by atoms with Gasteiger partial charge in [-0.2, -0.15) is 13.7 Å². The first-order chi connectivity index (χ1) is 21.0. The minimum atomic E-state index is -3.99. The van der Waals surface area contributed by atoms with E-state index in [9.17, 15) is 17.9 Å². The van der Waals surface area contributed by atoms with Crippen LogP contribution in [0.5, 0.6) is 0 Å². The van der Waals surface area contributed by atoms with Crippen LogP contribution in [0.4, 0.5) is 16.0 Å². The number of sulfonamides is 1. The Morgan fingerprint density at radius 1 is 1.23 bits per heavy atom. The molecular formula is C30H44FN7O4SSi. The number of rotatable bonds is 14. The molecular weight excluding hydrogens is 602 g/mol. The summed E-state index contributed by atoms with van der Waals surface area (Å²) in [6.07, 6.45) is 5.53. The second-order valence-electron chi connectivity index (χ2n) is 12.9. The molecule has 0 radical (unpaired) electrons. The molecule has 2 N–H and O–H groups in total. The van der Waals surface area contributed by atoms with E-state index in [0.717, 1.165) is 42.1 Å². The van der Waals surface area contributed by atoms with Gasteiger partial charge in [-0.25, -0.2) is 18.1 Å². The monoisotopic (exact) mass is 645 g/mol. The van der Waals surface area contributed by atoms with Crippen molar-refractivity contribution >= 4 is 29.7 Å². The number of halogens is 1. The molecule has 0 bridgehead atoms. The van der Waals surface area contributed by atoms with Gasteiger partial charge in [0.15, 0.2) is 0 Å². The van der Waals surface area contributed by atoms with Gasteiger partial charge in [0.2, 0.25) is 11.9 Å². The van der Waals surface area contributed by atoms with Crippen LogP contribution in [0.3, 0.4) is 0 Å². The Balaban J connectivity index is 1.47. The Bertz CT molecular complexity index is 1560. The summed E-state index contributed by atoms with van der Waals surface area (Å²) >= 11 is 0. The molecule has 240 valence electrons. The lowest BCUT2D eigenvalue weighted by Gasteiger charge is -2.23. The van der Waals surface area contributed by atoms with Crippen molar-refractivity contribution < 1.29 is 22.7 Å². The van der Waals surface area contributed by atoms with Gasteiger partial charge in [-0.15, -0.1) is 5.10 Å².